The summed E-state index contributed by atoms with van der Waals surface area (Å²) < 4.78 is 11.6. The molecule has 0 saturated carbocycles. The quantitative estimate of drug-likeness (QED) is 0.745. The van der Waals surface area contributed by atoms with Crippen LogP contribution in [0.1, 0.15) is 31.9 Å². The molecule has 0 aromatic heterocycles. The molecule has 0 unspecified atom stereocenters. The summed E-state index contributed by atoms with van der Waals surface area (Å²) in [6.45, 7) is 8.26. The number of halogens is 1. The number of anilines is 2. The van der Waals surface area contributed by atoms with Crippen molar-refractivity contribution in [3.63, 3.8) is 0 Å². The number of amides is 1. The topological polar surface area (TPSA) is 59.6 Å². The summed E-state index contributed by atoms with van der Waals surface area (Å²) in [5, 5.41) is 6.75. The van der Waals surface area contributed by atoms with E-state index in [1.54, 1.807) is 12.1 Å². The predicted octanol–water partition coefficient (Wildman–Crippen LogP) is 4.81. The van der Waals surface area contributed by atoms with Crippen LogP contribution >= 0.6 is 11.6 Å². The van der Waals surface area contributed by atoms with E-state index < -0.39 is 6.04 Å². The van der Waals surface area contributed by atoms with Gasteiger partial charge in [0.1, 0.15) is 23.6 Å². The van der Waals surface area contributed by atoms with Gasteiger partial charge in [-0.15, -0.1) is 0 Å². The van der Waals surface area contributed by atoms with Crippen LogP contribution in [0.2, 0.25) is 5.02 Å². The average molecular weight is 389 g/mol. The number of hydrogen-bond acceptors (Lipinski definition) is 4. The van der Waals surface area contributed by atoms with Crippen LogP contribution < -0.4 is 20.1 Å². The SMILES string of the molecule is CCOc1cc2c(cc1N[C@H](C)C(=O)Nc1cc(Cl)ccc1C)O[C@H](C)C2. The fourth-order valence-electron chi connectivity index (χ4n) is 3.10. The molecule has 2 aromatic carbocycles. The number of benzene rings is 2. The van der Waals surface area contributed by atoms with Gasteiger partial charge in [-0.05, 0) is 51.5 Å². The number of fused-ring (bicyclic) bond motifs is 1. The van der Waals surface area contributed by atoms with Crippen LogP contribution in [0.3, 0.4) is 0 Å². The highest BCUT2D eigenvalue weighted by Crippen LogP contribution is 2.38. The Balaban J connectivity index is 1.76. The maximum atomic E-state index is 12.6. The van der Waals surface area contributed by atoms with E-state index >= 15 is 0 Å². The molecule has 27 heavy (non-hydrogen) atoms. The van der Waals surface area contributed by atoms with E-state index in [0.717, 1.165) is 34.7 Å². The van der Waals surface area contributed by atoms with Crippen LogP contribution in [0.15, 0.2) is 30.3 Å². The predicted molar refractivity (Wildman–Crippen MR) is 109 cm³/mol. The van der Waals surface area contributed by atoms with E-state index in [-0.39, 0.29) is 12.0 Å². The van der Waals surface area contributed by atoms with Crippen molar-refractivity contribution in [3.05, 3.63) is 46.5 Å². The van der Waals surface area contributed by atoms with E-state index in [4.69, 9.17) is 21.1 Å². The van der Waals surface area contributed by atoms with Crippen molar-refractivity contribution < 1.29 is 14.3 Å². The highest BCUT2D eigenvalue weighted by molar-refractivity contribution is 6.31. The zero-order chi connectivity index (χ0) is 19.6. The minimum Gasteiger partial charge on any atom is -0.492 e. The van der Waals surface area contributed by atoms with Gasteiger partial charge in [0.15, 0.2) is 0 Å². The lowest BCUT2D eigenvalue weighted by molar-refractivity contribution is -0.116. The number of hydrogen-bond donors (Lipinski definition) is 2. The summed E-state index contributed by atoms with van der Waals surface area (Å²) in [4.78, 5) is 12.6. The molecule has 1 aliphatic rings. The van der Waals surface area contributed by atoms with Crippen molar-refractivity contribution in [1.29, 1.82) is 0 Å². The van der Waals surface area contributed by atoms with E-state index in [9.17, 15) is 4.79 Å². The lowest BCUT2D eigenvalue weighted by atomic mass is 10.1. The molecule has 0 saturated heterocycles. The first-order valence-corrected chi connectivity index (χ1v) is 9.55. The van der Waals surface area contributed by atoms with Gasteiger partial charge in [0.25, 0.3) is 0 Å². The van der Waals surface area contributed by atoms with Gasteiger partial charge in [-0.3, -0.25) is 4.79 Å². The fraction of sp³-hybridized carbons (Fsp3) is 0.381. The van der Waals surface area contributed by atoms with Gasteiger partial charge in [-0.1, -0.05) is 17.7 Å². The van der Waals surface area contributed by atoms with Crippen LogP contribution in [-0.4, -0.2) is 24.7 Å². The number of ether oxygens (including phenoxy) is 2. The molecular formula is C21H25ClN2O3. The number of rotatable bonds is 6. The third-order valence-corrected chi connectivity index (χ3v) is 4.76. The molecule has 0 bridgehead atoms. The van der Waals surface area contributed by atoms with E-state index in [2.05, 4.69) is 10.6 Å². The van der Waals surface area contributed by atoms with Crippen LogP contribution in [0.25, 0.3) is 0 Å². The molecule has 1 aliphatic heterocycles. The molecule has 144 valence electrons. The molecule has 5 nitrogen and oxygen atoms in total. The Morgan fingerprint density at radius 1 is 1.33 bits per heavy atom. The van der Waals surface area contributed by atoms with Gasteiger partial charge in [0, 0.05) is 28.8 Å². The minimum absolute atomic E-state index is 0.149. The standard InChI is InChI=1S/C21H25ClN2O3/c1-5-26-20-9-15-8-13(3)27-19(15)11-18(20)23-14(4)21(25)24-17-10-16(22)7-6-12(17)2/h6-7,9-11,13-14,23H,5,8H2,1-4H3,(H,24,25)/t13-,14-/m1/s1. The Morgan fingerprint density at radius 3 is 2.85 bits per heavy atom. The molecule has 1 amide bonds. The van der Waals surface area contributed by atoms with Crippen molar-refractivity contribution in [2.75, 3.05) is 17.2 Å². The highest BCUT2D eigenvalue weighted by atomic mass is 35.5. The number of carbonyl (C=O) groups excluding carboxylic acids is 1. The van der Waals surface area contributed by atoms with Gasteiger partial charge in [-0.2, -0.15) is 0 Å². The minimum atomic E-state index is -0.473. The normalized spacial score (nSPS) is 16.3. The number of nitrogens with one attached hydrogen (secondary N) is 2. The third-order valence-electron chi connectivity index (χ3n) is 4.52. The Kier molecular flexibility index (Phi) is 5.80. The molecule has 3 rings (SSSR count). The molecule has 6 heteroatoms. The second-order valence-electron chi connectivity index (χ2n) is 6.84. The Hall–Kier alpha value is -2.40. The lowest BCUT2D eigenvalue weighted by Gasteiger charge is -2.19. The summed E-state index contributed by atoms with van der Waals surface area (Å²) >= 11 is 6.03. The van der Waals surface area contributed by atoms with Crippen molar-refractivity contribution in [2.24, 2.45) is 0 Å². The smallest absolute Gasteiger partial charge is 0.246 e. The number of carbonyl (C=O) groups is 1. The Bertz CT molecular complexity index is 854. The highest BCUT2D eigenvalue weighted by Gasteiger charge is 2.23. The summed E-state index contributed by atoms with van der Waals surface area (Å²) in [5.74, 6) is 1.41. The van der Waals surface area contributed by atoms with Crippen molar-refractivity contribution in [2.45, 2.75) is 46.3 Å². The maximum absolute atomic E-state index is 12.6. The number of aryl methyl sites for hydroxylation is 1. The second-order valence-corrected chi connectivity index (χ2v) is 7.27. The molecular weight excluding hydrogens is 364 g/mol. The summed E-state index contributed by atoms with van der Waals surface area (Å²) in [6.07, 6.45) is 1.01. The molecule has 0 radical (unpaired) electrons. The van der Waals surface area contributed by atoms with Gasteiger partial charge < -0.3 is 20.1 Å². The fourth-order valence-corrected chi connectivity index (χ4v) is 3.27. The summed E-state index contributed by atoms with van der Waals surface area (Å²) in [6, 6.07) is 8.86. The molecule has 0 fully saturated rings. The summed E-state index contributed by atoms with van der Waals surface area (Å²) in [7, 11) is 0. The zero-order valence-electron chi connectivity index (χ0n) is 16.1. The lowest BCUT2D eigenvalue weighted by Crippen LogP contribution is -2.32. The molecule has 2 aromatic rings. The molecule has 2 atom stereocenters. The van der Waals surface area contributed by atoms with Crippen LogP contribution in [-0.2, 0) is 11.2 Å². The molecule has 2 N–H and O–H groups in total. The third kappa shape index (κ3) is 4.48. The molecule has 0 aliphatic carbocycles. The monoisotopic (exact) mass is 388 g/mol. The first-order chi connectivity index (χ1) is 12.9. The summed E-state index contributed by atoms with van der Waals surface area (Å²) in [5.41, 5.74) is 3.53. The largest absolute Gasteiger partial charge is 0.492 e. The molecule has 1 heterocycles. The van der Waals surface area contributed by atoms with Crippen LogP contribution in [0, 0.1) is 6.92 Å². The van der Waals surface area contributed by atoms with Crippen molar-refractivity contribution in [1.82, 2.24) is 0 Å². The molecule has 0 spiro atoms. The van der Waals surface area contributed by atoms with Crippen molar-refractivity contribution in [3.8, 4) is 11.5 Å². The first-order valence-electron chi connectivity index (χ1n) is 9.17. The zero-order valence-corrected chi connectivity index (χ0v) is 16.8. The second kappa shape index (κ2) is 8.09. The van der Waals surface area contributed by atoms with Gasteiger partial charge in [0.05, 0.1) is 12.3 Å². The van der Waals surface area contributed by atoms with Gasteiger partial charge >= 0.3 is 0 Å². The maximum Gasteiger partial charge on any atom is 0.246 e. The van der Waals surface area contributed by atoms with Gasteiger partial charge in [0.2, 0.25) is 5.91 Å². The first kappa shape index (κ1) is 19.4. The van der Waals surface area contributed by atoms with Crippen LogP contribution in [0.5, 0.6) is 11.5 Å². The Morgan fingerprint density at radius 2 is 2.11 bits per heavy atom. The van der Waals surface area contributed by atoms with E-state index in [0.29, 0.717) is 17.3 Å². The van der Waals surface area contributed by atoms with Crippen molar-refractivity contribution >= 4 is 28.9 Å². The van der Waals surface area contributed by atoms with E-state index in [1.807, 2.05) is 45.9 Å². The van der Waals surface area contributed by atoms with Crippen LogP contribution in [0.4, 0.5) is 11.4 Å². The van der Waals surface area contributed by atoms with Gasteiger partial charge in [-0.25, -0.2) is 0 Å². The Labute approximate surface area is 165 Å². The average Bonchev–Trinajstić information content (AvgIpc) is 2.97. The van der Waals surface area contributed by atoms with E-state index in [1.165, 1.54) is 0 Å².